The molecule has 0 aromatic heterocycles. The number of methoxy groups -OCH3 is 1. The number of nitrogens with zero attached hydrogens (tertiary/aromatic N) is 1. The fourth-order valence-corrected chi connectivity index (χ4v) is 2.76. The highest BCUT2D eigenvalue weighted by atomic mass is 35.5. The van der Waals surface area contributed by atoms with Crippen LogP contribution >= 0.6 is 11.6 Å². The molecule has 6 heteroatoms. The minimum atomic E-state index is -0.489. The highest BCUT2D eigenvalue weighted by molar-refractivity contribution is 6.32. The molecule has 0 saturated heterocycles. The maximum atomic E-state index is 11.7. The summed E-state index contributed by atoms with van der Waals surface area (Å²) < 4.78 is 11.3. The van der Waals surface area contributed by atoms with Crippen LogP contribution in [0.5, 0.6) is 11.5 Å². The fourth-order valence-electron chi connectivity index (χ4n) is 2.49. The maximum Gasteiger partial charge on any atom is 0.367 e. The zero-order valence-electron chi connectivity index (χ0n) is 14.7. The standard InChI is InChI=1S/C20H18ClNO4/c1-12-4-6-14(7-5-12)11-25-19-17(21)9-15(10-18(19)24-3)8-16-13(2)22-26-20(16)23/h4-10H,11H2,1-3H3/b16-8-. The summed E-state index contributed by atoms with van der Waals surface area (Å²) in [6.07, 6.45) is 1.66. The number of aryl methyl sites for hydroxylation is 1. The predicted molar refractivity (Wildman–Crippen MR) is 101 cm³/mol. The first-order chi connectivity index (χ1) is 12.5. The van der Waals surface area contributed by atoms with E-state index < -0.39 is 5.97 Å². The van der Waals surface area contributed by atoms with E-state index in [1.54, 1.807) is 25.1 Å². The molecule has 0 N–H and O–H groups in total. The van der Waals surface area contributed by atoms with Crippen molar-refractivity contribution in [1.82, 2.24) is 0 Å². The van der Waals surface area contributed by atoms with Gasteiger partial charge in [-0.05, 0) is 43.2 Å². The molecule has 0 saturated carbocycles. The molecule has 2 aromatic rings. The highest BCUT2D eigenvalue weighted by Crippen LogP contribution is 2.37. The Bertz CT molecular complexity index is 901. The Hall–Kier alpha value is -2.79. The number of hydrogen-bond acceptors (Lipinski definition) is 5. The average molecular weight is 372 g/mol. The van der Waals surface area contributed by atoms with E-state index in [4.69, 9.17) is 21.1 Å². The Labute approximate surface area is 156 Å². The highest BCUT2D eigenvalue weighted by Gasteiger charge is 2.22. The lowest BCUT2D eigenvalue weighted by molar-refractivity contribution is -0.136. The van der Waals surface area contributed by atoms with Crippen molar-refractivity contribution in [3.63, 3.8) is 0 Å². The monoisotopic (exact) mass is 371 g/mol. The molecule has 26 heavy (non-hydrogen) atoms. The molecule has 1 aliphatic heterocycles. The van der Waals surface area contributed by atoms with Gasteiger partial charge < -0.3 is 14.3 Å². The summed E-state index contributed by atoms with van der Waals surface area (Å²) in [5, 5.41) is 4.05. The number of carbonyl (C=O) groups is 1. The van der Waals surface area contributed by atoms with Crippen LogP contribution in [0.4, 0.5) is 0 Å². The van der Waals surface area contributed by atoms with Crippen LogP contribution in [0.25, 0.3) is 6.08 Å². The molecule has 0 aliphatic carbocycles. The second-order valence-corrected chi connectivity index (χ2v) is 6.33. The van der Waals surface area contributed by atoms with Gasteiger partial charge in [0.2, 0.25) is 0 Å². The van der Waals surface area contributed by atoms with Crippen molar-refractivity contribution in [2.75, 3.05) is 7.11 Å². The van der Waals surface area contributed by atoms with Gasteiger partial charge in [0.25, 0.3) is 0 Å². The van der Waals surface area contributed by atoms with E-state index in [1.807, 2.05) is 31.2 Å². The first-order valence-electron chi connectivity index (χ1n) is 8.02. The van der Waals surface area contributed by atoms with Crippen LogP contribution in [0.1, 0.15) is 23.6 Å². The third kappa shape index (κ3) is 3.89. The lowest BCUT2D eigenvalue weighted by Crippen LogP contribution is -2.02. The normalized spacial score (nSPS) is 15.0. The van der Waals surface area contributed by atoms with Gasteiger partial charge in [-0.15, -0.1) is 0 Å². The number of benzene rings is 2. The van der Waals surface area contributed by atoms with Gasteiger partial charge in [-0.3, -0.25) is 0 Å². The zero-order chi connectivity index (χ0) is 18.7. The van der Waals surface area contributed by atoms with Crippen LogP contribution in [-0.4, -0.2) is 18.8 Å². The summed E-state index contributed by atoms with van der Waals surface area (Å²) in [4.78, 5) is 16.3. The fraction of sp³-hybridized carbons (Fsp3) is 0.200. The number of ether oxygens (including phenoxy) is 2. The average Bonchev–Trinajstić information content (AvgIpc) is 2.94. The number of rotatable bonds is 5. The number of halogens is 1. The molecule has 134 valence electrons. The number of hydrogen-bond donors (Lipinski definition) is 0. The molecule has 0 fully saturated rings. The Morgan fingerprint density at radius 2 is 1.92 bits per heavy atom. The topological polar surface area (TPSA) is 57.1 Å². The van der Waals surface area contributed by atoms with Gasteiger partial charge >= 0.3 is 5.97 Å². The van der Waals surface area contributed by atoms with Gasteiger partial charge in [0.05, 0.1) is 23.4 Å². The van der Waals surface area contributed by atoms with Crippen molar-refractivity contribution in [3.8, 4) is 11.5 Å². The van der Waals surface area contributed by atoms with Gasteiger partial charge in [-0.2, -0.15) is 0 Å². The summed E-state index contributed by atoms with van der Waals surface area (Å²) in [5.74, 6) is 0.450. The van der Waals surface area contributed by atoms with Gasteiger partial charge in [-0.1, -0.05) is 46.6 Å². The molecule has 1 heterocycles. The van der Waals surface area contributed by atoms with Crippen molar-refractivity contribution in [2.24, 2.45) is 5.16 Å². The Morgan fingerprint density at radius 3 is 2.54 bits per heavy atom. The van der Waals surface area contributed by atoms with Crippen molar-refractivity contribution in [1.29, 1.82) is 0 Å². The molecule has 0 amide bonds. The molecular formula is C20H18ClNO4. The van der Waals surface area contributed by atoms with E-state index in [0.29, 0.717) is 40.0 Å². The molecule has 0 unspecified atom stereocenters. The zero-order valence-corrected chi connectivity index (χ0v) is 15.5. The van der Waals surface area contributed by atoms with Gasteiger partial charge in [0, 0.05) is 0 Å². The lowest BCUT2D eigenvalue weighted by Gasteiger charge is -2.13. The van der Waals surface area contributed by atoms with Crippen molar-refractivity contribution in [3.05, 3.63) is 63.7 Å². The van der Waals surface area contributed by atoms with Gasteiger partial charge in [0.1, 0.15) is 6.61 Å². The molecule has 0 atom stereocenters. The van der Waals surface area contributed by atoms with Crippen LogP contribution in [0.2, 0.25) is 5.02 Å². The molecule has 0 bridgehead atoms. The quantitative estimate of drug-likeness (QED) is 0.571. The van der Waals surface area contributed by atoms with E-state index in [1.165, 1.54) is 12.7 Å². The van der Waals surface area contributed by atoms with Crippen LogP contribution in [0.3, 0.4) is 0 Å². The smallest absolute Gasteiger partial charge is 0.367 e. The largest absolute Gasteiger partial charge is 0.493 e. The predicted octanol–water partition coefficient (Wildman–Crippen LogP) is 4.55. The first kappa shape index (κ1) is 18.0. The van der Waals surface area contributed by atoms with Crippen LogP contribution in [-0.2, 0) is 16.2 Å². The molecule has 3 rings (SSSR count). The summed E-state index contributed by atoms with van der Waals surface area (Å²) in [6.45, 7) is 4.10. The maximum absolute atomic E-state index is 11.7. The van der Waals surface area contributed by atoms with Crippen LogP contribution < -0.4 is 9.47 Å². The van der Waals surface area contributed by atoms with Crippen LogP contribution in [0, 0.1) is 6.92 Å². The SMILES string of the molecule is COc1cc(/C=C2\C(=O)ON=C2C)cc(Cl)c1OCc1ccc(C)cc1. The molecule has 0 radical (unpaired) electrons. The Morgan fingerprint density at radius 1 is 1.19 bits per heavy atom. The summed E-state index contributed by atoms with van der Waals surface area (Å²) in [7, 11) is 1.54. The van der Waals surface area contributed by atoms with E-state index in [-0.39, 0.29) is 0 Å². The summed E-state index contributed by atoms with van der Waals surface area (Å²) >= 11 is 6.38. The minimum absolute atomic E-state index is 0.370. The number of carbonyl (C=O) groups excluding carboxylic acids is 1. The Kier molecular flexibility index (Phi) is 5.28. The van der Waals surface area contributed by atoms with Crippen molar-refractivity contribution >= 4 is 29.4 Å². The van der Waals surface area contributed by atoms with E-state index in [0.717, 1.165) is 5.56 Å². The number of oxime groups is 1. The summed E-state index contributed by atoms with van der Waals surface area (Å²) in [5.41, 5.74) is 3.81. The van der Waals surface area contributed by atoms with E-state index >= 15 is 0 Å². The molecule has 5 nitrogen and oxygen atoms in total. The van der Waals surface area contributed by atoms with Crippen molar-refractivity contribution < 1.29 is 19.1 Å². The van der Waals surface area contributed by atoms with E-state index in [2.05, 4.69) is 9.99 Å². The van der Waals surface area contributed by atoms with Crippen molar-refractivity contribution in [2.45, 2.75) is 20.5 Å². The Balaban J connectivity index is 1.85. The third-order valence-electron chi connectivity index (χ3n) is 3.94. The third-order valence-corrected chi connectivity index (χ3v) is 4.22. The lowest BCUT2D eigenvalue weighted by atomic mass is 10.1. The van der Waals surface area contributed by atoms with E-state index in [9.17, 15) is 4.79 Å². The van der Waals surface area contributed by atoms with Gasteiger partial charge in [-0.25, -0.2) is 4.79 Å². The molecule has 1 aliphatic rings. The second-order valence-electron chi connectivity index (χ2n) is 5.92. The molecular weight excluding hydrogens is 354 g/mol. The summed E-state index contributed by atoms with van der Waals surface area (Å²) in [6, 6.07) is 11.5. The molecule has 0 spiro atoms. The minimum Gasteiger partial charge on any atom is -0.493 e. The van der Waals surface area contributed by atoms with Crippen LogP contribution in [0.15, 0.2) is 47.1 Å². The first-order valence-corrected chi connectivity index (χ1v) is 8.39. The van der Waals surface area contributed by atoms with Gasteiger partial charge in [0.15, 0.2) is 11.5 Å². The molecule has 2 aromatic carbocycles. The second kappa shape index (κ2) is 7.62.